The first-order valence-electron chi connectivity index (χ1n) is 5.06. The molecule has 1 fully saturated rings. The molecule has 0 aliphatic carbocycles. The van der Waals surface area contributed by atoms with E-state index in [9.17, 15) is 0 Å². The fraction of sp³-hybridized carbons (Fsp3) is 0.500. The van der Waals surface area contributed by atoms with Gasteiger partial charge >= 0.3 is 0 Å². The maximum atomic E-state index is 5.68. The fourth-order valence-electron chi connectivity index (χ4n) is 2.05. The lowest BCUT2D eigenvalue weighted by molar-refractivity contribution is -0.0947. The number of ether oxygens (including phenoxy) is 2. The highest BCUT2D eigenvalue weighted by Crippen LogP contribution is 2.34. The molecule has 0 spiro atoms. The molecule has 0 radical (unpaired) electrons. The van der Waals surface area contributed by atoms with Crippen molar-refractivity contribution in [1.29, 1.82) is 0 Å². The summed E-state index contributed by atoms with van der Waals surface area (Å²) in [5.74, 6) is 0. The standard InChI is InChI=1S/C12H16O2/c1-13-12(7-9-14-10-8-12)11-5-3-2-4-6-11/h2-6H,7-10H2,1H3. The van der Waals surface area contributed by atoms with Crippen LogP contribution >= 0.6 is 0 Å². The van der Waals surface area contributed by atoms with Crippen LogP contribution in [0, 0.1) is 0 Å². The normalized spacial score (nSPS) is 20.6. The quantitative estimate of drug-likeness (QED) is 0.716. The Morgan fingerprint density at radius 1 is 1.14 bits per heavy atom. The predicted molar refractivity (Wildman–Crippen MR) is 55.2 cm³/mol. The first kappa shape index (κ1) is 9.69. The number of benzene rings is 1. The van der Waals surface area contributed by atoms with Gasteiger partial charge in [0.2, 0.25) is 0 Å². The minimum Gasteiger partial charge on any atom is -0.381 e. The van der Waals surface area contributed by atoms with Gasteiger partial charge < -0.3 is 9.47 Å². The molecule has 76 valence electrons. The molecule has 2 rings (SSSR count). The Labute approximate surface area is 84.8 Å². The SMILES string of the molecule is COC1(c2ccccc2)CCOCC1. The molecule has 0 unspecified atom stereocenters. The fourth-order valence-corrected chi connectivity index (χ4v) is 2.05. The molecule has 2 nitrogen and oxygen atoms in total. The van der Waals surface area contributed by atoms with Crippen molar-refractivity contribution in [3.05, 3.63) is 35.9 Å². The molecule has 14 heavy (non-hydrogen) atoms. The Morgan fingerprint density at radius 2 is 1.79 bits per heavy atom. The highest BCUT2D eigenvalue weighted by molar-refractivity contribution is 5.23. The first-order valence-corrected chi connectivity index (χ1v) is 5.06. The van der Waals surface area contributed by atoms with E-state index in [0.29, 0.717) is 0 Å². The van der Waals surface area contributed by atoms with Crippen molar-refractivity contribution in [1.82, 2.24) is 0 Å². The third kappa shape index (κ3) is 1.68. The molecule has 1 aliphatic rings. The van der Waals surface area contributed by atoms with Gasteiger partial charge in [0.15, 0.2) is 0 Å². The van der Waals surface area contributed by atoms with Gasteiger partial charge in [-0.05, 0) is 5.56 Å². The largest absolute Gasteiger partial charge is 0.381 e. The lowest BCUT2D eigenvalue weighted by atomic mass is 9.86. The molecular formula is C12H16O2. The second-order valence-corrected chi connectivity index (χ2v) is 3.68. The molecule has 0 bridgehead atoms. The zero-order valence-electron chi connectivity index (χ0n) is 8.53. The van der Waals surface area contributed by atoms with E-state index in [4.69, 9.17) is 9.47 Å². The van der Waals surface area contributed by atoms with Crippen LogP contribution < -0.4 is 0 Å². The number of methoxy groups -OCH3 is 1. The molecule has 1 aromatic carbocycles. The van der Waals surface area contributed by atoms with Crippen LogP contribution in [-0.4, -0.2) is 20.3 Å². The molecule has 0 saturated carbocycles. The van der Waals surface area contributed by atoms with E-state index in [1.165, 1.54) is 5.56 Å². The second-order valence-electron chi connectivity index (χ2n) is 3.68. The van der Waals surface area contributed by atoms with Gasteiger partial charge in [-0.15, -0.1) is 0 Å². The maximum absolute atomic E-state index is 5.68. The third-order valence-corrected chi connectivity index (χ3v) is 2.99. The van der Waals surface area contributed by atoms with Gasteiger partial charge in [-0.2, -0.15) is 0 Å². The minimum atomic E-state index is -0.112. The zero-order chi connectivity index (χ0) is 9.86. The van der Waals surface area contributed by atoms with Crippen LogP contribution in [-0.2, 0) is 15.1 Å². The van der Waals surface area contributed by atoms with Gasteiger partial charge in [0.1, 0.15) is 0 Å². The summed E-state index contributed by atoms with van der Waals surface area (Å²) < 4.78 is 11.1. The van der Waals surface area contributed by atoms with E-state index in [1.54, 1.807) is 7.11 Å². The van der Waals surface area contributed by atoms with Gasteiger partial charge in [0.25, 0.3) is 0 Å². The van der Waals surface area contributed by atoms with Crippen molar-refractivity contribution < 1.29 is 9.47 Å². The molecule has 0 atom stereocenters. The smallest absolute Gasteiger partial charge is 0.0971 e. The molecule has 1 aromatic rings. The molecule has 0 amide bonds. The highest BCUT2D eigenvalue weighted by atomic mass is 16.5. The first-order chi connectivity index (χ1) is 6.87. The molecule has 1 saturated heterocycles. The Balaban J connectivity index is 2.27. The van der Waals surface area contributed by atoms with Crippen LogP contribution in [0.3, 0.4) is 0 Å². The Kier molecular flexibility index (Phi) is 2.85. The third-order valence-electron chi connectivity index (χ3n) is 2.99. The van der Waals surface area contributed by atoms with Crippen molar-refractivity contribution >= 4 is 0 Å². The van der Waals surface area contributed by atoms with E-state index in [1.807, 2.05) is 6.07 Å². The summed E-state index contributed by atoms with van der Waals surface area (Å²) in [6, 6.07) is 10.4. The lowest BCUT2D eigenvalue weighted by Gasteiger charge is -2.36. The van der Waals surface area contributed by atoms with Crippen molar-refractivity contribution in [3.63, 3.8) is 0 Å². The lowest BCUT2D eigenvalue weighted by Crippen LogP contribution is -2.35. The summed E-state index contributed by atoms with van der Waals surface area (Å²) in [6.07, 6.45) is 1.90. The van der Waals surface area contributed by atoms with Crippen LogP contribution in [0.4, 0.5) is 0 Å². The van der Waals surface area contributed by atoms with Gasteiger partial charge in [-0.1, -0.05) is 30.3 Å². The molecule has 2 heteroatoms. The Hall–Kier alpha value is -0.860. The van der Waals surface area contributed by atoms with Gasteiger partial charge in [-0.3, -0.25) is 0 Å². The average Bonchev–Trinajstić information content (AvgIpc) is 2.31. The second kappa shape index (κ2) is 4.11. The van der Waals surface area contributed by atoms with Crippen LogP contribution in [0.5, 0.6) is 0 Å². The number of rotatable bonds is 2. The summed E-state index contributed by atoms with van der Waals surface area (Å²) in [5.41, 5.74) is 1.16. The number of hydrogen-bond donors (Lipinski definition) is 0. The van der Waals surface area contributed by atoms with Gasteiger partial charge in [0.05, 0.1) is 5.60 Å². The predicted octanol–water partition coefficient (Wildman–Crippen LogP) is 2.34. The topological polar surface area (TPSA) is 18.5 Å². The van der Waals surface area contributed by atoms with Crippen LogP contribution in [0.25, 0.3) is 0 Å². The summed E-state index contributed by atoms with van der Waals surface area (Å²) in [5, 5.41) is 0. The van der Waals surface area contributed by atoms with Crippen molar-refractivity contribution in [3.8, 4) is 0 Å². The van der Waals surface area contributed by atoms with Gasteiger partial charge in [-0.25, -0.2) is 0 Å². The van der Waals surface area contributed by atoms with Crippen molar-refractivity contribution in [2.24, 2.45) is 0 Å². The summed E-state index contributed by atoms with van der Waals surface area (Å²) in [4.78, 5) is 0. The molecule has 1 heterocycles. The van der Waals surface area contributed by atoms with Crippen molar-refractivity contribution in [2.45, 2.75) is 18.4 Å². The summed E-state index contributed by atoms with van der Waals surface area (Å²) >= 11 is 0. The maximum Gasteiger partial charge on any atom is 0.0971 e. The van der Waals surface area contributed by atoms with E-state index in [2.05, 4.69) is 24.3 Å². The van der Waals surface area contributed by atoms with E-state index >= 15 is 0 Å². The summed E-state index contributed by atoms with van der Waals surface area (Å²) in [6.45, 7) is 1.59. The highest BCUT2D eigenvalue weighted by Gasteiger charge is 2.33. The van der Waals surface area contributed by atoms with E-state index < -0.39 is 0 Å². The zero-order valence-corrected chi connectivity index (χ0v) is 8.53. The Bertz CT molecular complexity index is 276. The minimum absolute atomic E-state index is 0.112. The van der Waals surface area contributed by atoms with Crippen LogP contribution in [0.15, 0.2) is 30.3 Å². The average molecular weight is 192 g/mol. The molecule has 0 N–H and O–H groups in total. The van der Waals surface area contributed by atoms with Crippen molar-refractivity contribution in [2.75, 3.05) is 20.3 Å². The van der Waals surface area contributed by atoms with E-state index in [-0.39, 0.29) is 5.60 Å². The van der Waals surface area contributed by atoms with Gasteiger partial charge in [0, 0.05) is 33.2 Å². The molecule has 0 aromatic heterocycles. The summed E-state index contributed by atoms with van der Waals surface area (Å²) in [7, 11) is 1.79. The monoisotopic (exact) mass is 192 g/mol. The number of hydrogen-bond acceptors (Lipinski definition) is 2. The Morgan fingerprint density at radius 3 is 2.36 bits per heavy atom. The van der Waals surface area contributed by atoms with E-state index in [0.717, 1.165) is 26.1 Å². The van der Waals surface area contributed by atoms with Crippen LogP contribution in [0.1, 0.15) is 18.4 Å². The molecular weight excluding hydrogens is 176 g/mol. The van der Waals surface area contributed by atoms with Crippen LogP contribution in [0.2, 0.25) is 0 Å². The molecule has 1 aliphatic heterocycles.